The maximum atomic E-state index is 15.2. The minimum absolute atomic E-state index is 0.0709. The summed E-state index contributed by atoms with van der Waals surface area (Å²) in [4.78, 5) is 56.3. The van der Waals surface area contributed by atoms with Gasteiger partial charge in [0.1, 0.15) is 22.8 Å². The Morgan fingerprint density at radius 1 is 1.13 bits per heavy atom. The summed E-state index contributed by atoms with van der Waals surface area (Å²) in [5, 5.41) is 26.0. The topological polar surface area (TPSA) is 174 Å². The Bertz CT molecular complexity index is 1510. The summed E-state index contributed by atoms with van der Waals surface area (Å²) in [6.07, 6.45) is 0.469. The van der Waals surface area contributed by atoms with Crippen molar-refractivity contribution in [1.29, 1.82) is 0 Å². The summed E-state index contributed by atoms with van der Waals surface area (Å²) in [6.45, 7) is 1.67. The first-order chi connectivity index (χ1) is 18.2. The van der Waals surface area contributed by atoms with E-state index in [1.807, 2.05) is 0 Å². The number of carbonyl (C=O) groups is 4. The Morgan fingerprint density at radius 2 is 1.84 bits per heavy atom. The largest absolute Gasteiger partial charge is 0.480 e. The van der Waals surface area contributed by atoms with E-state index in [0.29, 0.717) is 33.8 Å². The van der Waals surface area contributed by atoms with Gasteiger partial charge >= 0.3 is 5.97 Å². The predicted octanol–water partition coefficient (Wildman–Crippen LogP) is 1.96. The molecule has 0 spiro atoms. The normalized spacial score (nSPS) is 15.0. The molecule has 2 aliphatic rings. The molecule has 5 rings (SSSR count). The maximum Gasteiger partial charge on any atom is 0.319 e. The van der Waals surface area contributed by atoms with Crippen LogP contribution in [0.4, 0.5) is 10.1 Å². The Labute approximate surface area is 215 Å². The van der Waals surface area contributed by atoms with Gasteiger partial charge in [0.25, 0.3) is 11.8 Å². The summed E-state index contributed by atoms with van der Waals surface area (Å²) in [7, 11) is 0. The highest BCUT2D eigenvalue weighted by atomic mass is 19.1. The van der Waals surface area contributed by atoms with E-state index in [2.05, 4.69) is 25.9 Å². The molecular weight excluding hydrogens is 497 g/mol. The van der Waals surface area contributed by atoms with Crippen molar-refractivity contribution in [3.63, 3.8) is 0 Å². The lowest BCUT2D eigenvalue weighted by Gasteiger charge is -2.14. The highest BCUT2D eigenvalue weighted by Gasteiger charge is 2.57. The first kappa shape index (κ1) is 25.1. The number of aromatic amines is 1. The number of anilines is 1. The van der Waals surface area contributed by atoms with Crippen molar-refractivity contribution in [3.05, 3.63) is 58.7 Å². The fourth-order valence-corrected chi connectivity index (χ4v) is 4.58. The molecule has 1 fully saturated rings. The number of aliphatic carboxylic acids is 1. The van der Waals surface area contributed by atoms with E-state index in [1.165, 1.54) is 12.1 Å². The van der Waals surface area contributed by atoms with E-state index >= 15 is 4.39 Å². The first-order valence-corrected chi connectivity index (χ1v) is 11.9. The van der Waals surface area contributed by atoms with Crippen LogP contribution in [0.15, 0.2) is 30.3 Å². The van der Waals surface area contributed by atoms with E-state index in [1.54, 1.807) is 19.1 Å². The van der Waals surface area contributed by atoms with Gasteiger partial charge in [-0.1, -0.05) is 6.07 Å². The first-order valence-electron chi connectivity index (χ1n) is 11.9. The lowest BCUT2D eigenvalue weighted by molar-refractivity contribution is -0.147. The third-order valence-electron chi connectivity index (χ3n) is 6.83. The van der Waals surface area contributed by atoms with Gasteiger partial charge in [0.05, 0.1) is 12.2 Å². The highest BCUT2D eigenvalue weighted by molar-refractivity contribution is 6.11. The van der Waals surface area contributed by atoms with E-state index in [-0.39, 0.29) is 55.4 Å². The van der Waals surface area contributed by atoms with Crippen LogP contribution in [0.5, 0.6) is 0 Å². The zero-order chi connectivity index (χ0) is 27.2. The van der Waals surface area contributed by atoms with E-state index < -0.39 is 29.0 Å². The smallest absolute Gasteiger partial charge is 0.319 e. The van der Waals surface area contributed by atoms with Crippen LogP contribution in [-0.2, 0) is 16.1 Å². The van der Waals surface area contributed by atoms with Crippen LogP contribution in [-0.4, -0.2) is 57.0 Å². The molecule has 3 aromatic rings. The number of benzene rings is 2. The van der Waals surface area contributed by atoms with Crippen LogP contribution in [0, 0.1) is 18.2 Å². The third-order valence-corrected chi connectivity index (χ3v) is 6.83. The molecule has 0 radical (unpaired) electrons. The fraction of sp³-hybridized carbons (Fsp3) is 0.269. The highest BCUT2D eigenvalue weighted by Crippen LogP contribution is 2.47. The number of aliphatic hydroxyl groups excluding tert-OH is 1. The number of halogens is 1. The van der Waals surface area contributed by atoms with E-state index in [9.17, 15) is 24.3 Å². The van der Waals surface area contributed by atoms with Crippen molar-refractivity contribution in [3.8, 4) is 22.5 Å². The number of hydrogen-bond donors (Lipinski definition) is 6. The number of hydrogen-bond acceptors (Lipinski definition) is 6. The second-order valence-corrected chi connectivity index (χ2v) is 9.27. The fourth-order valence-electron chi connectivity index (χ4n) is 4.58. The molecule has 0 unspecified atom stereocenters. The number of amides is 3. The Balaban J connectivity index is 1.47. The molecule has 3 amide bonds. The zero-order valence-corrected chi connectivity index (χ0v) is 20.3. The predicted molar refractivity (Wildman–Crippen MR) is 133 cm³/mol. The van der Waals surface area contributed by atoms with Crippen LogP contribution in [0.3, 0.4) is 0 Å². The number of imidazole rings is 1. The van der Waals surface area contributed by atoms with Crippen LogP contribution in [0.1, 0.15) is 44.9 Å². The number of carbonyl (C=O) groups excluding carboxylic acids is 3. The Kier molecular flexibility index (Phi) is 6.19. The van der Waals surface area contributed by atoms with Crippen molar-refractivity contribution in [1.82, 2.24) is 20.6 Å². The molecule has 0 saturated heterocycles. The third kappa shape index (κ3) is 4.18. The van der Waals surface area contributed by atoms with Gasteiger partial charge in [-0.2, -0.15) is 0 Å². The molecule has 0 bridgehead atoms. The van der Waals surface area contributed by atoms with Crippen molar-refractivity contribution >= 4 is 29.4 Å². The summed E-state index contributed by atoms with van der Waals surface area (Å²) < 4.78 is 15.2. The molecule has 2 aromatic carbocycles. The van der Waals surface area contributed by atoms with Gasteiger partial charge < -0.3 is 31.1 Å². The van der Waals surface area contributed by atoms with Crippen LogP contribution in [0.25, 0.3) is 22.5 Å². The minimum Gasteiger partial charge on any atom is -0.480 e. The molecule has 1 aliphatic carbocycles. The zero-order valence-electron chi connectivity index (χ0n) is 20.3. The minimum atomic E-state index is -1.46. The number of rotatable bonds is 8. The number of aryl methyl sites for hydroxylation is 1. The van der Waals surface area contributed by atoms with Crippen LogP contribution >= 0.6 is 0 Å². The Hall–Kier alpha value is -4.58. The molecule has 38 heavy (non-hydrogen) atoms. The number of aromatic nitrogens is 2. The lowest BCUT2D eigenvalue weighted by Crippen LogP contribution is -2.31. The van der Waals surface area contributed by atoms with Crippen molar-refractivity contribution in [2.45, 2.75) is 26.3 Å². The van der Waals surface area contributed by atoms with Gasteiger partial charge in [0.15, 0.2) is 0 Å². The molecular formula is C26H24FN5O6. The monoisotopic (exact) mass is 521 g/mol. The van der Waals surface area contributed by atoms with Crippen molar-refractivity contribution in [2.75, 3.05) is 18.5 Å². The number of carboxylic acid groups (broad SMARTS) is 1. The van der Waals surface area contributed by atoms with Gasteiger partial charge in [-0.15, -0.1) is 0 Å². The second kappa shape index (κ2) is 9.38. The summed E-state index contributed by atoms with van der Waals surface area (Å²) in [5.74, 6) is -3.09. The molecule has 0 atom stereocenters. The number of fused-ring (bicyclic) bond motifs is 1. The average Bonchev–Trinajstić information content (AvgIpc) is 3.50. The van der Waals surface area contributed by atoms with Gasteiger partial charge in [-0.05, 0) is 55.2 Å². The molecule has 12 heteroatoms. The number of carboxylic acids is 1. The van der Waals surface area contributed by atoms with Crippen LogP contribution < -0.4 is 16.0 Å². The second-order valence-electron chi connectivity index (χ2n) is 9.27. The standard InChI is InChI=1S/C26H24FN5O6/c1-12-20(23(35)28-8-9-33)32-21(30-12)16-5-4-14(17-11-29-22(34)19(16)17)15-3-2-13(10-18(15)27)31-24(36)26(6-7-26)25(37)38/h2-5,10,33H,6-9,11H2,1H3,(H,28,35)(H,29,34)(H,30,32)(H,31,36)(H,37,38). The summed E-state index contributed by atoms with van der Waals surface area (Å²) in [5.41, 5.74) is 1.23. The van der Waals surface area contributed by atoms with Gasteiger partial charge in [0.2, 0.25) is 5.91 Å². The molecule has 11 nitrogen and oxygen atoms in total. The molecule has 2 heterocycles. The quantitative estimate of drug-likeness (QED) is 0.246. The molecule has 196 valence electrons. The number of aliphatic hydroxyl groups is 1. The summed E-state index contributed by atoms with van der Waals surface area (Å²) >= 11 is 0. The number of nitrogens with one attached hydrogen (secondary N) is 4. The Morgan fingerprint density at radius 3 is 2.50 bits per heavy atom. The van der Waals surface area contributed by atoms with Crippen LogP contribution in [0.2, 0.25) is 0 Å². The molecule has 1 aromatic heterocycles. The lowest BCUT2D eigenvalue weighted by atomic mass is 9.92. The van der Waals surface area contributed by atoms with Crippen molar-refractivity contribution in [2.24, 2.45) is 5.41 Å². The van der Waals surface area contributed by atoms with Crippen molar-refractivity contribution < 1.29 is 33.8 Å². The van der Waals surface area contributed by atoms with Gasteiger partial charge in [-0.3, -0.25) is 19.2 Å². The molecule has 6 N–H and O–H groups in total. The van der Waals surface area contributed by atoms with E-state index in [4.69, 9.17) is 5.11 Å². The number of H-pyrrole nitrogens is 1. The van der Waals surface area contributed by atoms with Gasteiger partial charge in [-0.25, -0.2) is 9.37 Å². The molecule has 1 aliphatic heterocycles. The van der Waals surface area contributed by atoms with Gasteiger partial charge in [0, 0.05) is 35.6 Å². The number of nitrogens with zero attached hydrogens (tertiary/aromatic N) is 1. The summed E-state index contributed by atoms with van der Waals surface area (Å²) in [6, 6.07) is 7.32. The maximum absolute atomic E-state index is 15.2. The molecule has 1 saturated carbocycles. The SMILES string of the molecule is Cc1[nH]c(-c2ccc(-c3ccc(NC(=O)C4(C(=O)O)CC4)cc3F)c3c2C(=O)NC3)nc1C(=O)NCCO. The van der Waals surface area contributed by atoms with E-state index in [0.717, 1.165) is 6.07 Å². The average molecular weight is 522 g/mol.